The Balaban J connectivity index is 1.91. The fourth-order valence-electron chi connectivity index (χ4n) is 2.70. The van der Waals surface area contributed by atoms with Gasteiger partial charge in [-0.25, -0.2) is 0 Å². The van der Waals surface area contributed by atoms with Gasteiger partial charge in [-0.3, -0.25) is 15.1 Å². The van der Waals surface area contributed by atoms with Crippen molar-refractivity contribution in [3.05, 3.63) is 76.1 Å². The third-order valence-corrected chi connectivity index (χ3v) is 3.86. The average molecular weight is 326 g/mol. The van der Waals surface area contributed by atoms with Crippen LogP contribution in [-0.4, -0.2) is 22.8 Å². The summed E-state index contributed by atoms with van der Waals surface area (Å²) in [6.07, 6.45) is 4.00. The van der Waals surface area contributed by atoms with Crippen LogP contribution in [0.5, 0.6) is 0 Å². The molecule has 6 nitrogen and oxygen atoms in total. The van der Waals surface area contributed by atoms with Crippen molar-refractivity contribution in [3.63, 3.8) is 0 Å². The summed E-state index contributed by atoms with van der Waals surface area (Å²) in [4.78, 5) is 14.7. The van der Waals surface area contributed by atoms with Gasteiger partial charge in [-0.2, -0.15) is 0 Å². The normalized spacial score (nSPS) is 20.1. The number of ether oxygens (including phenoxy) is 2. The molecule has 0 fully saturated rings. The Kier molecular flexibility index (Phi) is 4.86. The van der Waals surface area contributed by atoms with Crippen LogP contribution in [0.15, 0.2) is 54.7 Å². The van der Waals surface area contributed by atoms with Crippen molar-refractivity contribution in [3.8, 4) is 0 Å². The number of nitro benzene ring substituents is 1. The predicted octanol–water partition coefficient (Wildman–Crippen LogP) is 3.90. The van der Waals surface area contributed by atoms with E-state index in [1.54, 1.807) is 18.3 Å². The van der Waals surface area contributed by atoms with Crippen molar-refractivity contribution in [2.45, 2.75) is 25.6 Å². The van der Waals surface area contributed by atoms with Gasteiger partial charge in [-0.05, 0) is 30.7 Å². The van der Waals surface area contributed by atoms with E-state index in [1.807, 2.05) is 31.2 Å². The minimum atomic E-state index is -0.397. The lowest BCUT2D eigenvalue weighted by atomic mass is 9.92. The van der Waals surface area contributed by atoms with Crippen molar-refractivity contribution in [2.75, 3.05) is 6.61 Å². The number of allylic oxidation sites excluding steroid dienone is 1. The summed E-state index contributed by atoms with van der Waals surface area (Å²) in [7, 11) is 0. The average Bonchev–Trinajstić information content (AvgIpc) is 2.62. The Bertz CT molecular complexity index is 728. The number of non-ortho nitro benzene ring substituents is 1. The Hall–Kier alpha value is -2.73. The van der Waals surface area contributed by atoms with E-state index in [4.69, 9.17) is 9.47 Å². The summed E-state index contributed by atoms with van der Waals surface area (Å²) in [6, 6.07) is 12.2. The van der Waals surface area contributed by atoms with E-state index in [0.717, 1.165) is 11.3 Å². The molecule has 2 unspecified atom stereocenters. The zero-order valence-electron chi connectivity index (χ0n) is 13.3. The topological polar surface area (TPSA) is 74.5 Å². The van der Waals surface area contributed by atoms with Crippen LogP contribution in [0.3, 0.4) is 0 Å². The van der Waals surface area contributed by atoms with Gasteiger partial charge in [0.15, 0.2) is 0 Å². The van der Waals surface area contributed by atoms with E-state index in [1.165, 1.54) is 12.1 Å². The van der Waals surface area contributed by atoms with Crippen molar-refractivity contribution < 1.29 is 14.4 Å². The van der Waals surface area contributed by atoms with E-state index in [9.17, 15) is 10.1 Å². The van der Waals surface area contributed by atoms with E-state index in [2.05, 4.69) is 4.98 Å². The van der Waals surface area contributed by atoms with Gasteiger partial charge < -0.3 is 9.47 Å². The molecule has 2 atom stereocenters. The van der Waals surface area contributed by atoms with Crippen LogP contribution in [0.4, 0.5) is 5.69 Å². The van der Waals surface area contributed by atoms with Crippen molar-refractivity contribution in [1.82, 2.24) is 4.98 Å². The molecule has 0 N–H and O–H groups in total. The van der Waals surface area contributed by atoms with Crippen LogP contribution in [0.1, 0.15) is 30.5 Å². The molecule has 0 amide bonds. The first-order valence-electron chi connectivity index (χ1n) is 7.83. The van der Waals surface area contributed by atoms with E-state index < -0.39 is 4.92 Å². The van der Waals surface area contributed by atoms with Crippen molar-refractivity contribution in [1.29, 1.82) is 0 Å². The second-order valence-corrected chi connectivity index (χ2v) is 5.44. The molecule has 124 valence electrons. The second-order valence-electron chi connectivity index (χ2n) is 5.44. The highest BCUT2D eigenvalue weighted by Gasteiger charge is 2.26. The number of rotatable bonds is 5. The molecule has 0 saturated heterocycles. The lowest BCUT2D eigenvalue weighted by Crippen LogP contribution is -2.24. The second kappa shape index (κ2) is 7.23. The molecule has 1 aliphatic rings. The number of hydrogen-bond acceptors (Lipinski definition) is 5. The highest BCUT2D eigenvalue weighted by molar-refractivity contribution is 5.58. The summed E-state index contributed by atoms with van der Waals surface area (Å²) in [5, 5.41) is 10.8. The van der Waals surface area contributed by atoms with Gasteiger partial charge >= 0.3 is 0 Å². The fourth-order valence-corrected chi connectivity index (χ4v) is 2.70. The molecule has 6 heteroatoms. The zero-order chi connectivity index (χ0) is 16.9. The van der Waals surface area contributed by atoms with Crippen molar-refractivity contribution >= 4 is 11.4 Å². The Morgan fingerprint density at radius 1 is 1.29 bits per heavy atom. The molecule has 2 heterocycles. The van der Waals surface area contributed by atoms with Crippen LogP contribution in [-0.2, 0) is 9.47 Å². The molecular weight excluding hydrogens is 308 g/mol. The summed E-state index contributed by atoms with van der Waals surface area (Å²) < 4.78 is 11.5. The number of hydrogen-bond donors (Lipinski definition) is 0. The monoisotopic (exact) mass is 326 g/mol. The number of aromatic nitrogens is 1. The van der Waals surface area contributed by atoms with E-state index in [-0.39, 0.29) is 17.9 Å². The third kappa shape index (κ3) is 3.60. The largest absolute Gasteiger partial charge is 0.463 e. The van der Waals surface area contributed by atoms with Gasteiger partial charge in [-0.1, -0.05) is 18.2 Å². The van der Waals surface area contributed by atoms with Gasteiger partial charge in [0.25, 0.3) is 5.69 Å². The van der Waals surface area contributed by atoms with Crippen LogP contribution < -0.4 is 0 Å². The molecule has 0 bridgehead atoms. The van der Waals surface area contributed by atoms with Crippen LogP contribution in [0.2, 0.25) is 0 Å². The minimum Gasteiger partial charge on any atom is -0.463 e. The van der Waals surface area contributed by atoms with E-state index >= 15 is 0 Å². The predicted molar refractivity (Wildman–Crippen MR) is 89.2 cm³/mol. The van der Waals surface area contributed by atoms with Crippen LogP contribution in [0, 0.1) is 10.1 Å². The maximum absolute atomic E-state index is 10.8. The molecule has 0 aliphatic carbocycles. The molecule has 0 spiro atoms. The van der Waals surface area contributed by atoms with Gasteiger partial charge in [0.2, 0.25) is 6.29 Å². The fraction of sp³-hybridized carbons (Fsp3) is 0.278. The Morgan fingerprint density at radius 2 is 2.08 bits per heavy atom. The summed E-state index contributed by atoms with van der Waals surface area (Å²) in [6.45, 7) is 2.47. The molecule has 0 radical (unpaired) electrons. The molecule has 24 heavy (non-hydrogen) atoms. The molecular formula is C18H18N2O4. The zero-order valence-corrected chi connectivity index (χ0v) is 13.3. The number of pyridine rings is 1. The quantitative estimate of drug-likeness (QED) is 0.615. The summed E-state index contributed by atoms with van der Waals surface area (Å²) in [5.74, 6) is 0.719. The summed E-state index contributed by atoms with van der Waals surface area (Å²) >= 11 is 0. The number of nitro groups is 1. The number of benzene rings is 1. The lowest BCUT2D eigenvalue weighted by Gasteiger charge is -2.29. The first-order valence-corrected chi connectivity index (χ1v) is 7.83. The van der Waals surface area contributed by atoms with Gasteiger partial charge in [0, 0.05) is 37.3 Å². The van der Waals surface area contributed by atoms with Crippen molar-refractivity contribution in [2.24, 2.45) is 0 Å². The first-order chi connectivity index (χ1) is 11.7. The first kappa shape index (κ1) is 16.1. The van der Waals surface area contributed by atoms with Gasteiger partial charge in [-0.15, -0.1) is 0 Å². The van der Waals surface area contributed by atoms with Gasteiger partial charge in [0.1, 0.15) is 11.5 Å². The molecule has 1 aromatic carbocycles. The highest BCUT2D eigenvalue weighted by Crippen LogP contribution is 2.35. The van der Waals surface area contributed by atoms with E-state index in [0.29, 0.717) is 18.8 Å². The van der Waals surface area contributed by atoms with Gasteiger partial charge in [0.05, 0.1) is 4.92 Å². The smallest absolute Gasteiger partial charge is 0.269 e. The molecule has 1 aliphatic heterocycles. The molecule has 0 saturated carbocycles. The number of nitrogens with zero attached hydrogens (tertiary/aromatic N) is 2. The SMILES string of the molecule is CCOC1CC(c2ccc([N+](=O)[O-])cc2)C=C(c2ccccn2)O1. The highest BCUT2D eigenvalue weighted by atomic mass is 16.7. The maximum Gasteiger partial charge on any atom is 0.269 e. The third-order valence-electron chi connectivity index (χ3n) is 3.86. The lowest BCUT2D eigenvalue weighted by molar-refractivity contribution is -0.384. The maximum atomic E-state index is 10.8. The Morgan fingerprint density at radius 3 is 2.71 bits per heavy atom. The molecule has 1 aromatic heterocycles. The van der Waals surface area contributed by atoms with Crippen LogP contribution >= 0.6 is 0 Å². The van der Waals surface area contributed by atoms with Crippen LogP contribution in [0.25, 0.3) is 5.76 Å². The Labute approximate surface area is 139 Å². The molecule has 2 aromatic rings. The minimum absolute atomic E-state index is 0.0492. The summed E-state index contributed by atoms with van der Waals surface area (Å²) in [5.41, 5.74) is 1.82. The molecule has 3 rings (SSSR count). The standard InChI is InChI=1S/C18H18N2O4/c1-2-23-18-12-14(13-6-8-15(9-7-13)20(21)22)11-17(24-18)16-5-3-4-10-19-16/h3-11,14,18H,2,12H2,1H3.